The smallest absolute Gasteiger partial charge is 0.406 e. The summed E-state index contributed by atoms with van der Waals surface area (Å²) in [5.41, 5.74) is 0.471. The van der Waals surface area contributed by atoms with Crippen molar-refractivity contribution in [2.45, 2.75) is 6.36 Å². The third-order valence-corrected chi connectivity index (χ3v) is 2.40. The number of aldehydes is 1. The van der Waals surface area contributed by atoms with Crippen LogP contribution in [0.25, 0.3) is 11.1 Å². The number of benzene rings is 1. The Morgan fingerprint density at radius 3 is 2.35 bits per heavy atom. The predicted molar refractivity (Wildman–Crippen MR) is 61.7 cm³/mol. The zero-order valence-electron chi connectivity index (χ0n) is 9.82. The lowest BCUT2D eigenvalue weighted by molar-refractivity contribution is -0.274. The molecule has 0 bridgehead atoms. The number of carbonyl (C=O) groups is 1. The van der Waals surface area contributed by atoms with Crippen molar-refractivity contribution in [3.63, 3.8) is 0 Å². The SMILES string of the molecule is O=Cc1cnc(F)c(-c2ccc(OC(F)(F)F)cc2)c1. The highest BCUT2D eigenvalue weighted by Crippen LogP contribution is 2.27. The summed E-state index contributed by atoms with van der Waals surface area (Å²) in [5.74, 6) is -1.23. The molecule has 2 aromatic rings. The molecule has 0 radical (unpaired) electrons. The second-order valence-corrected chi connectivity index (χ2v) is 3.80. The first-order chi connectivity index (χ1) is 9.39. The first-order valence-electron chi connectivity index (χ1n) is 5.36. The zero-order valence-corrected chi connectivity index (χ0v) is 9.82. The average molecular weight is 285 g/mol. The van der Waals surface area contributed by atoms with Crippen LogP contribution in [-0.2, 0) is 0 Å². The molecule has 0 spiro atoms. The van der Waals surface area contributed by atoms with Crippen molar-refractivity contribution < 1.29 is 27.1 Å². The van der Waals surface area contributed by atoms with Crippen LogP contribution in [0.4, 0.5) is 17.6 Å². The van der Waals surface area contributed by atoms with Gasteiger partial charge < -0.3 is 4.74 Å². The van der Waals surface area contributed by atoms with Crippen molar-refractivity contribution in [3.8, 4) is 16.9 Å². The van der Waals surface area contributed by atoms with Gasteiger partial charge in [-0.1, -0.05) is 12.1 Å². The van der Waals surface area contributed by atoms with E-state index in [1.807, 2.05) is 0 Å². The van der Waals surface area contributed by atoms with Crippen LogP contribution in [0.15, 0.2) is 36.5 Å². The Hall–Kier alpha value is -2.44. The van der Waals surface area contributed by atoms with Gasteiger partial charge in [-0.15, -0.1) is 13.2 Å². The molecule has 0 aliphatic carbocycles. The van der Waals surface area contributed by atoms with E-state index in [-0.39, 0.29) is 16.7 Å². The van der Waals surface area contributed by atoms with Gasteiger partial charge in [-0.2, -0.15) is 4.39 Å². The summed E-state index contributed by atoms with van der Waals surface area (Å²) in [5, 5.41) is 0. The molecular weight excluding hydrogens is 278 g/mol. The van der Waals surface area contributed by atoms with E-state index >= 15 is 0 Å². The van der Waals surface area contributed by atoms with Gasteiger partial charge in [0.1, 0.15) is 5.75 Å². The van der Waals surface area contributed by atoms with Crippen LogP contribution in [-0.4, -0.2) is 17.6 Å². The van der Waals surface area contributed by atoms with E-state index in [1.165, 1.54) is 18.2 Å². The standard InChI is InChI=1S/C13H7F4NO2/c14-12-11(5-8(7-19)6-18-12)9-1-3-10(4-2-9)20-13(15,16)17/h1-7H. The topological polar surface area (TPSA) is 39.2 Å². The molecule has 3 nitrogen and oxygen atoms in total. The Kier molecular flexibility index (Phi) is 3.69. The fourth-order valence-corrected chi connectivity index (χ4v) is 1.57. The highest BCUT2D eigenvalue weighted by molar-refractivity contribution is 5.78. The summed E-state index contributed by atoms with van der Waals surface area (Å²) in [4.78, 5) is 14.0. The normalized spacial score (nSPS) is 11.2. The van der Waals surface area contributed by atoms with E-state index in [9.17, 15) is 22.4 Å². The number of aromatic nitrogens is 1. The highest BCUT2D eigenvalue weighted by atomic mass is 19.4. The van der Waals surface area contributed by atoms with Crippen molar-refractivity contribution >= 4 is 6.29 Å². The van der Waals surface area contributed by atoms with Gasteiger partial charge in [0, 0.05) is 17.3 Å². The monoisotopic (exact) mass is 285 g/mol. The fourth-order valence-electron chi connectivity index (χ4n) is 1.57. The highest BCUT2D eigenvalue weighted by Gasteiger charge is 2.30. The number of pyridine rings is 1. The van der Waals surface area contributed by atoms with Crippen LogP contribution in [0.5, 0.6) is 5.75 Å². The molecule has 0 aliphatic rings. The molecule has 2 rings (SSSR count). The van der Waals surface area contributed by atoms with Gasteiger partial charge in [-0.05, 0) is 23.8 Å². The molecule has 0 amide bonds. The molecule has 1 heterocycles. The van der Waals surface area contributed by atoms with Gasteiger partial charge in [0.2, 0.25) is 5.95 Å². The van der Waals surface area contributed by atoms with Crippen LogP contribution in [0.3, 0.4) is 0 Å². The lowest BCUT2D eigenvalue weighted by Crippen LogP contribution is -2.16. The summed E-state index contributed by atoms with van der Waals surface area (Å²) >= 11 is 0. The summed E-state index contributed by atoms with van der Waals surface area (Å²) in [6.45, 7) is 0. The van der Waals surface area contributed by atoms with Gasteiger partial charge in [0.05, 0.1) is 0 Å². The Balaban J connectivity index is 2.32. The molecule has 104 valence electrons. The van der Waals surface area contributed by atoms with Gasteiger partial charge in [-0.25, -0.2) is 4.98 Å². The van der Waals surface area contributed by atoms with Crippen molar-refractivity contribution in [1.82, 2.24) is 4.98 Å². The maximum absolute atomic E-state index is 13.5. The molecule has 1 aromatic carbocycles. The summed E-state index contributed by atoms with van der Waals surface area (Å²) in [7, 11) is 0. The van der Waals surface area contributed by atoms with E-state index in [0.29, 0.717) is 6.29 Å². The van der Waals surface area contributed by atoms with E-state index in [1.54, 1.807) is 0 Å². The van der Waals surface area contributed by atoms with E-state index in [2.05, 4.69) is 9.72 Å². The molecule has 0 N–H and O–H groups in total. The van der Waals surface area contributed by atoms with Crippen molar-refractivity contribution in [3.05, 3.63) is 48.0 Å². The quantitative estimate of drug-likeness (QED) is 0.491. The van der Waals surface area contributed by atoms with Crippen LogP contribution in [0.2, 0.25) is 0 Å². The number of nitrogens with zero attached hydrogens (tertiary/aromatic N) is 1. The predicted octanol–water partition coefficient (Wildman–Crippen LogP) is 3.60. The number of hydrogen-bond acceptors (Lipinski definition) is 3. The van der Waals surface area contributed by atoms with Gasteiger partial charge in [0.15, 0.2) is 6.29 Å². The molecule has 0 unspecified atom stereocenters. The van der Waals surface area contributed by atoms with Crippen LogP contribution in [0.1, 0.15) is 10.4 Å². The molecule has 0 saturated heterocycles. The molecular formula is C13H7F4NO2. The van der Waals surface area contributed by atoms with E-state index in [0.717, 1.165) is 18.3 Å². The maximum atomic E-state index is 13.5. The van der Waals surface area contributed by atoms with Crippen molar-refractivity contribution in [2.24, 2.45) is 0 Å². The second kappa shape index (κ2) is 5.28. The lowest BCUT2D eigenvalue weighted by Gasteiger charge is -2.09. The molecule has 1 aromatic heterocycles. The van der Waals surface area contributed by atoms with Gasteiger partial charge in [-0.3, -0.25) is 4.79 Å². The van der Waals surface area contributed by atoms with Crippen LogP contribution >= 0.6 is 0 Å². The first-order valence-corrected chi connectivity index (χ1v) is 5.36. The fraction of sp³-hybridized carbons (Fsp3) is 0.0769. The zero-order chi connectivity index (χ0) is 14.8. The minimum atomic E-state index is -4.79. The number of halogens is 4. The number of rotatable bonds is 3. The van der Waals surface area contributed by atoms with Crippen molar-refractivity contribution in [2.75, 3.05) is 0 Å². The van der Waals surface area contributed by atoms with Crippen LogP contribution in [0, 0.1) is 5.95 Å². The minimum absolute atomic E-state index is 0.0214. The Labute approximate surface area is 110 Å². The lowest BCUT2D eigenvalue weighted by atomic mass is 10.1. The van der Waals surface area contributed by atoms with Gasteiger partial charge in [0.25, 0.3) is 0 Å². The molecule has 7 heteroatoms. The number of ether oxygens (including phenoxy) is 1. The third-order valence-electron chi connectivity index (χ3n) is 2.40. The number of alkyl halides is 3. The average Bonchev–Trinajstić information content (AvgIpc) is 2.39. The number of carbonyl (C=O) groups excluding carboxylic acids is 1. The van der Waals surface area contributed by atoms with Crippen molar-refractivity contribution in [1.29, 1.82) is 0 Å². The Morgan fingerprint density at radius 1 is 1.15 bits per heavy atom. The first kappa shape index (κ1) is 14.0. The summed E-state index contributed by atoms with van der Waals surface area (Å²) in [6.07, 6.45) is -3.23. The minimum Gasteiger partial charge on any atom is -0.406 e. The largest absolute Gasteiger partial charge is 0.573 e. The molecule has 0 atom stereocenters. The van der Waals surface area contributed by atoms with Crippen LogP contribution < -0.4 is 4.74 Å². The van der Waals surface area contributed by atoms with Gasteiger partial charge >= 0.3 is 6.36 Å². The molecule has 0 saturated carbocycles. The Bertz CT molecular complexity index is 623. The van der Waals surface area contributed by atoms with E-state index < -0.39 is 18.1 Å². The maximum Gasteiger partial charge on any atom is 0.573 e. The summed E-state index contributed by atoms with van der Waals surface area (Å²) in [6, 6.07) is 5.85. The Morgan fingerprint density at radius 2 is 1.80 bits per heavy atom. The summed E-state index contributed by atoms with van der Waals surface area (Å²) < 4.78 is 53.2. The molecule has 20 heavy (non-hydrogen) atoms. The molecule has 0 aliphatic heterocycles. The third kappa shape index (κ3) is 3.31. The second-order valence-electron chi connectivity index (χ2n) is 3.80. The number of hydrogen-bond donors (Lipinski definition) is 0. The van der Waals surface area contributed by atoms with E-state index in [4.69, 9.17) is 0 Å². The molecule has 0 fully saturated rings.